The van der Waals surface area contributed by atoms with E-state index in [9.17, 15) is 13.2 Å². The molecule has 3 aromatic rings. The molecular formula is C23H21N3O4S. The number of sulfonamides is 1. The van der Waals surface area contributed by atoms with Gasteiger partial charge in [-0.25, -0.2) is 8.42 Å². The van der Waals surface area contributed by atoms with Gasteiger partial charge in [-0.3, -0.25) is 9.10 Å². The number of methoxy groups -OCH3 is 1. The van der Waals surface area contributed by atoms with Crippen LogP contribution in [0.4, 0.5) is 11.4 Å². The van der Waals surface area contributed by atoms with Gasteiger partial charge in [0.25, 0.3) is 10.0 Å². The summed E-state index contributed by atoms with van der Waals surface area (Å²) in [6.45, 7) is 1.35. The third-order valence-electron chi connectivity index (χ3n) is 4.50. The van der Waals surface area contributed by atoms with Gasteiger partial charge in [-0.15, -0.1) is 0 Å². The number of hydrogen-bond acceptors (Lipinski definition) is 5. The second-order valence-corrected chi connectivity index (χ2v) is 8.63. The van der Waals surface area contributed by atoms with Crippen LogP contribution in [-0.4, -0.2) is 28.0 Å². The predicted molar refractivity (Wildman–Crippen MR) is 118 cm³/mol. The largest absolute Gasteiger partial charge is 0.497 e. The third kappa shape index (κ3) is 5.21. The lowest BCUT2D eigenvalue weighted by Crippen LogP contribution is -2.38. The number of anilines is 2. The zero-order valence-corrected chi connectivity index (χ0v) is 17.9. The SMILES string of the molecule is COc1ccc(N(CC(=O)Nc2cccc(C#N)c2)S(=O)(=O)c2cccc(C)c2)cc1. The summed E-state index contributed by atoms with van der Waals surface area (Å²) in [6, 6.07) is 21.3. The highest BCUT2D eigenvalue weighted by atomic mass is 32.2. The fraction of sp³-hybridized carbons (Fsp3) is 0.130. The number of nitrogens with zero attached hydrogens (tertiary/aromatic N) is 2. The quantitative estimate of drug-likeness (QED) is 0.610. The van der Waals surface area contributed by atoms with Crippen LogP contribution in [0.3, 0.4) is 0 Å². The molecule has 3 rings (SSSR count). The molecule has 158 valence electrons. The van der Waals surface area contributed by atoms with Crippen LogP contribution in [0, 0.1) is 18.3 Å². The van der Waals surface area contributed by atoms with E-state index in [-0.39, 0.29) is 4.90 Å². The maximum absolute atomic E-state index is 13.4. The number of carbonyl (C=O) groups is 1. The lowest BCUT2D eigenvalue weighted by Gasteiger charge is -2.24. The van der Waals surface area contributed by atoms with Gasteiger partial charge in [0.15, 0.2) is 0 Å². The Balaban J connectivity index is 1.95. The molecule has 0 saturated heterocycles. The molecule has 0 bridgehead atoms. The molecule has 0 fully saturated rings. The second kappa shape index (κ2) is 9.32. The first-order chi connectivity index (χ1) is 14.8. The van der Waals surface area contributed by atoms with Gasteiger partial charge in [0, 0.05) is 5.69 Å². The molecule has 0 heterocycles. The zero-order valence-electron chi connectivity index (χ0n) is 17.1. The minimum atomic E-state index is -4.02. The number of amides is 1. The lowest BCUT2D eigenvalue weighted by atomic mass is 10.2. The van der Waals surface area contributed by atoms with Crippen LogP contribution in [0.2, 0.25) is 0 Å². The molecule has 0 unspecified atom stereocenters. The molecule has 0 aliphatic rings. The first kappa shape index (κ1) is 21.9. The summed E-state index contributed by atoms with van der Waals surface area (Å²) < 4.78 is 33.0. The normalized spacial score (nSPS) is 10.7. The van der Waals surface area contributed by atoms with E-state index in [1.807, 2.05) is 6.07 Å². The molecular weight excluding hydrogens is 414 g/mol. The van der Waals surface area contributed by atoms with Gasteiger partial charge in [0.2, 0.25) is 5.91 Å². The van der Waals surface area contributed by atoms with Crippen molar-refractivity contribution in [1.29, 1.82) is 5.26 Å². The number of benzene rings is 3. The summed E-state index contributed by atoms with van der Waals surface area (Å²) in [6.07, 6.45) is 0. The van der Waals surface area contributed by atoms with Gasteiger partial charge in [-0.2, -0.15) is 5.26 Å². The van der Waals surface area contributed by atoms with Gasteiger partial charge >= 0.3 is 0 Å². The molecule has 1 amide bonds. The number of rotatable bonds is 7. The lowest BCUT2D eigenvalue weighted by molar-refractivity contribution is -0.114. The zero-order chi connectivity index (χ0) is 22.4. The highest BCUT2D eigenvalue weighted by molar-refractivity contribution is 7.92. The van der Waals surface area contributed by atoms with E-state index in [2.05, 4.69) is 5.32 Å². The van der Waals surface area contributed by atoms with Crippen molar-refractivity contribution in [2.45, 2.75) is 11.8 Å². The molecule has 0 aromatic heterocycles. The molecule has 0 aliphatic carbocycles. The summed E-state index contributed by atoms with van der Waals surface area (Å²) in [5.41, 5.74) is 1.90. The van der Waals surface area contributed by atoms with Crippen LogP contribution >= 0.6 is 0 Å². The molecule has 0 radical (unpaired) electrons. The Hall–Kier alpha value is -3.83. The van der Waals surface area contributed by atoms with E-state index in [4.69, 9.17) is 10.00 Å². The van der Waals surface area contributed by atoms with Crippen molar-refractivity contribution < 1.29 is 17.9 Å². The molecule has 8 heteroatoms. The van der Waals surface area contributed by atoms with Gasteiger partial charge in [-0.1, -0.05) is 18.2 Å². The summed E-state index contributed by atoms with van der Waals surface area (Å²) in [4.78, 5) is 12.8. The summed E-state index contributed by atoms with van der Waals surface area (Å²) in [5.74, 6) is 0.0246. The molecule has 0 atom stereocenters. The minimum Gasteiger partial charge on any atom is -0.497 e. The summed E-state index contributed by atoms with van der Waals surface area (Å²) in [7, 11) is -2.50. The van der Waals surface area contributed by atoms with Crippen LogP contribution in [0.15, 0.2) is 77.7 Å². The van der Waals surface area contributed by atoms with E-state index in [0.717, 1.165) is 9.87 Å². The number of ether oxygens (including phenoxy) is 1. The summed E-state index contributed by atoms with van der Waals surface area (Å²) >= 11 is 0. The molecule has 3 aromatic carbocycles. The predicted octanol–water partition coefficient (Wildman–Crippen LogP) is 3.71. The smallest absolute Gasteiger partial charge is 0.264 e. The number of carbonyl (C=O) groups excluding carboxylic acids is 1. The molecule has 1 N–H and O–H groups in total. The van der Waals surface area contributed by atoms with Crippen molar-refractivity contribution in [2.24, 2.45) is 0 Å². The highest BCUT2D eigenvalue weighted by Crippen LogP contribution is 2.26. The summed E-state index contributed by atoms with van der Waals surface area (Å²) in [5, 5.41) is 11.7. The third-order valence-corrected chi connectivity index (χ3v) is 6.27. The van der Waals surface area contributed by atoms with Crippen molar-refractivity contribution in [3.63, 3.8) is 0 Å². The van der Waals surface area contributed by atoms with Gasteiger partial charge in [0.05, 0.1) is 29.3 Å². The minimum absolute atomic E-state index is 0.0857. The standard InChI is InChI=1S/C23H21N3O4S/c1-17-5-3-8-22(13-17)31(28,29)26(20-9-11-21(30-2)12-10-20)16-23(27)25-19-7-4-6-18(14-19)15-24/h3-14H,16H2,1-2H3,(H,25,27). The van der Waals surface area contributed by atoms with Crippen molar-refractivity contribution in [1.82, 2.24) is 0 Å². The number of aryl methyl sites for hydroxylation is 1. The van der Waals surface area contributed by atoms with Gasteiger partial charge < -0.3 is 10.1 Å². The first-order valence-electron chi connectivity index (χ1n) is 9.37. The fourth-order valence-corrected chi connectivity index (χ4v) is 4.49. The van der Waals surface area contributed by atoms with Crippen molar-refractivity contribution in [2.75, 3.05) is 23.3 Å². The average molecular weight is 436 g/mol. The average Bonchev–Trinajstić information content (AvgIpc) is 2.77. The van der Waals surface area contributed by atoms with Crippen LogP contribution in [-0.2, 0) is 14.8 Å². The molecule has 7 nitrogen and oxygen atoms in total. The van der Waals surface area contributed by atoms with Gasteiger partial charge in [0.1, 0.15) is 12.3 Å². The fourth-order valence-electron chi connectivity index (χ4n) is 2.96. The van der Waals surface area contributed by atoms with E-state index >= 15 is 0 Å². The Labute approximate surface area is 181 Å². The van der Waals surface area contributed by atoms with Crippen LogP contribution < -0.4 is 14.4 Å². The van der Waals surface area contributed by atoms with E-state index < -0.39 is 22.5 Å². The van der Waals surface area contributed by atoms with E-state index in [1.165, 1.54) is 19.2 Å². The number of nitrogens with one attached hydrogen (secondary N) is 1. The highest BCUT2D eigenvalue weighted by Gasteiger charge is 2.27. The number of hydrogen-bond donors (Lipinski definition) is 1. The Morgan fingerprint density at radius 1 is 1.06 bits per heavy atom. The molecule has 31 heavy (non-hydrogen) atoms. The topological polar surface area (TPSA) is 99.5 Å². The monoisotopic (exact) mass is 435 g/mol. The maximum Gasteiger partial charge on any atom is 0.264 e. The van der Waals surface area contributed by atoms with Crippen molar-refractivity contribution in [3.05, 3.63) is 83.9 Å². The van der Waals surface area contributed by atoms with Crippen molar-refractivity contribution >= 4 is 27.3 Å². The van der Waals surface area contributed by atoms with Crippen LogP contribution in [0.5, 0.6) is 5.75 Å². The van der Waals surface area contributed by atoms with E-state index in [0.29, 0.717) is 22.7 Å². The molecule has 0 aliphatic heterocycles. The second-order valence-electron chi connectivity index (χ2n) is 6.77. The Morgan fingerprint density at radius 3 is 2.42 bits per heavy atom. The van der Waals surface area contributed by atoms with Crippen LogP contribution in [0.1, 0.15) is 11.1 Å². The van der Waals surface area contributed by atoms with Crippen LogP contribution in [0.25, 0.3) is 0 Å². The van der Waals surface area contributed by atoms with Crippen molar-refractivity contribution in [3.8, 4) is 11.8 Å². The Morgan fingerprint density at radius 2 is 1.77 bits per heavy atom. The number of nitriles is 1. The van der Waals surface area contributed by atoms with Gasteiger partial charge in [-0.05, 0) is 67.1 Å². The molecule has 0 spiro atoms. The Bertz CT molecular complexity index is 1230. The molecule has 0 saturated carbocycles. The first-order valence-corrected chi connectivity index (χ1v) is 10.8. The Kier molecular flexibility index (Phi) is 6.58. The van der Waals surface area contributed by atoms with E-state index in [1.54, 1.807) is 67.6 Å². The maximum atomic E-state index is 13.4.